The number of aryl methyl sites for hydroxylation is 1. The molecule has 2 aromatic carbocycles. The average Bonchev–Trinajstić information content (AvgIpc) is 4.03. The number of piperazine rings is 1. The summed E-state index contributed by atoms with van der Waals surface area (Å²) in [6.45, 7) is 14.1. The van der Waals surface area contributed by atoms with Gasteiger partial charge in [-0.2, -0.15) is 0 Å². The van der Waals surface area contributed by atoms with Crippen molar-refractivity contribution < 1.29 is 24.3 Å². The number of hydrogen-bond acceptors (Lipinski definition) is 14. The number of aromatic hydroxyl groups is 1. The summed E-state index contributed by atoms with van der Waals surface area (Å²) in [6.07, 6.45) is 1.48. The van der Waals surface area contributed by atoms with E-state index < -0.39 is 18.1 Å². The number of piperidine rings is 1. The molecule has 5 atom stereocenters. The van der Waals surface area contributed by atoms with Crippen molar-refractivity contribution in [2.24, 2.45) is 5.92 Å². The molecule has 0 bridgehead atoms. The third-order valence-corrected chi connectivity index (χ3v) is 14.2. The number of fused-ring (bicyclic) bond motifs is 3. The molecule has 0 aliphatic carbocycles. The van der Waals surface area contributed by atoms with Gasteiger partial charge in [0, 0.05) is 76.5 Å². The van der Waals surface area contributed by atoms with E-state index in [2.05, 4.69) is 45.7 Å². The van der Waals surface area contributed by atoms with Crippen molar-refractivity contribution in [3.8, 4) is 27.4 Å². The van der Waals surface area contributed by atoms with Crippen molar-refractivity contribution in [2.75, 3.05) is 56.0 Å². The molecule has 7 heterocycles. The van der Waals surface area contributed by atoms with Gasteiger partial charge in [-0.3, -0.25) is 19.4 Å². The van der Waals surface area contributed by atoms with E-state index in [0.29, 0.717) is 35.6 Å². The quantitative estimate of drug-likeness (QED) is 0.133. The lowest BCUT2D eigenvalue weighted by Gasteiger charge is -2.49. The van der Waals surface area contributed by atoms with E-state index in [4.69, 9.17) is 4.52 Å². The zero-order valence-corrected chi connectivity index (χ0v) is 36.6. The minimum atomic E-state index is -0.799. The molecule has 16 heteroatoms. The van der Waals surface area contributed by atoms with Gasteiger partial charge in [-0.15, -0.1) is 21.5 Å². The molecule has 4 aliphatic rings. The highest BCUT2D eigenvalue weighted by atomic mass is 32.1. The predicted molar refractivity (Wildman–Crippen MR) is 238 cm³/mol. The zero-order valence-electron chi connectivity index (χ0n) is 35.8. The number of carbonyl (C=O) groups is 2. The largest absolute Gasteiger partial charge is 0.507 e. The maximum Gasteiger partial charge on any atom is 0.243 e. The fourth-order valence-corrected chi connectivity index (χ4v) is 10.6. The van der Waals surface area contributed by atoms with E-state index >= 15 is 0 Å². The molecule has 3 fully saturated rings. The third-order valence-electron chi connectivity index (χ3n) is 13.2. The number of rotatable bonds is 11. The summed E-state index contributed by atoms with van der Waals surface area (Å²) in [7, 11) is 0. The molecule has 4 aliphatic heterocycles. The molecule has 3 aromatic heterocycles. The normalized spacial score (nSPS) is 21.9. The summed E-state index contributed by atoms with van der Waals surface area (Å²) >= 11 is 1.60. The monoisotopic (exact) mass is 860 g/mol. The number of anilines is 2. The van der Waals surface area contributed by atoms with Crippen molar-refractivity contribution in [1.82, 2.24) is 40.4 Å². The van der Waals surface area contributed by atoms with Crippen LogP contribution in [0.25, 0.3) is 21.7 Å². The minimum Gasteiger partial charge on any atom is -0.507 e. The van der Waals surface area contributed by atoms with Gasteiger partial charge in [0.2, 0.25) is 11.8 Å². The number of β-amino-alcohol motifs (C(OH)–C–C–N with tert-alkyl or cyclic N) is 1. The lowest BCUT2D eigenvalue weighted by molar-refractivity contribution is -0.141. The Balaban J connectivity index is 0.783. The van der Waals surface area contributed by atoms with Crippen LogP contribution in [0.15, 0.2) is 70.7 Å². The summed E-state index contributed by atoms with van der Waals surface area (Å²) in [5, 5.41) is 41.1. The van der Waals surface area contributed by atoms with Crippen LogP contribution in [0.3, 0.4) is 0 Å². The number of aliphatic hydroxyl groups is 1. The van der Waals surface area contributed by atoms with Crippen LogP contribution < -0.4 is 15.5 Å². The van der Waals surface area contributed by atoms with Crippen molar-refractivity contribution >= 4 is 34.7 Å². The number of benzene rings is 2. The number of carbonyl (C=O) groups excluding carboxylic acids is 2. The molecular formula is C46H56N10O5S. The van der Waals surface area contributed by atoms with Crippen LogP contribution in [0.5, 0.6) is 5.75 Å². The van der Waals surface area contributed by atoms with Crippen LogP contribution in [-0.4, -0.2) is 127 Å². The van der Waals surface area contributed by atoms with Gasteiger partial charge >= 0.3 is 0 Å². The number of phenols is 1. The standard InChI is InChI=1S/C46H56N10O5S/c1-27(2)42(46(60)56-25-35(57)20-39(56)45(59)49-28(3)30-9-11-31(12-10-30)43-29(4)48-26-62-43)41-19-32(52-61-41)23-53-15-13-33(14-16-53)54-17-18-55-34(24-54)22-47-44-38(55)21-37(50-51-44)36-7-5-6-8-40(36)58/h5-12,19,21,26-28,33-35,39,42,57-58H,13-18,20,22-25H2,1-4H3,(H,47,51)(H,49,59)/t28-,34-,35+,39-,42+/m0/s1. The second-order valence-corrected chi connectivity index (χ2v) is 18.5. The fraction of sp³-hybridized carbons (Fsp3) is 0.478. The Bertz CT molecular complexity index is 2380. The number of amides is 2. The van der Waals surface area contributed by atoms with E-state index in [0.717, 1.165) is 91.0 Å². The van der Waals surface area contributed by atoms with Crippen LogP contribution in [-0.2, 0) is 16.1 Å². The van der Waals surface area contributed by atoms with Gasteiger partial charge in [-0.25, -0.2) is 4.98 Å². The third kappa shape index (κ3) is 8.52. The second-order valence-electron chi connectivity index (χ2n) is 17.7. The number of phenolic OH excluding ortho intramolecular Hbond substituents is 1. The first-order valence-electron chi connectivity index (χ1n) is 21.9. The first-order chi connectivity index (χ1) is 30.0. The van der Waals surface area contributed by atoms with Crippen molar-refractivity contribution in [2.45, 2.75) is 89.7 Å². The van der Waals surface area contributed by atoms with Gasteiger partial charge in [-0.05, 0) is 61.9 Å². The van der Waals surface area contributed by atoms with Gasteiger partial charge < -0.3 is 35.2 Å². The number of hydrogen-bond donors (Lipinski definition) is 4. The Labute approximate surface area is 366 Å². The van der Waals surface area contributed by atoms with Crippen LogP contribution >= 0.6 is 11.3 Å². The maximum atomic E-state index is 14.3. The number of nitrogens with zero attached hydrogens (tertiary/aromatic N) is 8. The SMILES string of the molecule is Cc1ncsc1-c1ccc([C@H](C)NC(=O)[C@@H]2C[C@@H](O)CN2C(=O)[C@@H](c2cc(CN3CCC(N4CCN5c6cc(-c7ccccc7O)nnc6NC[C@H]5C4)CC3)no2)C(C)C)cc1. The Morgan fingerprint density at radius 3 is 2.52 bits per heavy atom. The number of aliphatic hydroxyl groups excluding tert-OH is 1. The molecule has 0 radical (unpaired) electrons. The Morgan fingerprint density at radius 1 is 0.984 bits per heavy atom. The van der Waals surface area contributed by atoms with Crippen LogP contribution in [0.4, 0.5) is 11.5 Å². The lowest BCUT2D eigenvalue weighted by atomic mass is 9.91. The van der Waals surface area contributed by atoms with Crippen LogP contribution in [0.1, 0.15) is 74.7 Å². The Hall–Kier alpha value is -5.42. The van der Waals surface area contributed by atoms with E-state index in [1.807, 2.05) is 81.7 Å². The van der Waals surface area contributed by atoms with E-state index in [1.165, 1.54) is 4.90 Å². The summed E-state index contributed by atoms with van der Waals surface area (Å²) in [4.78, 5) is 42.6. The fourth-order valence-electron chi connectivity index (χ4n) is 9.80. The average molecular weight is 861 g/mol. The Kier molecular flexibility index (Phi) is 12.0. The van der Waals surface area contributed by atoms with Gasteiger partial charge in [-0.1, -0.05) is 55.4 Å². The molecule has 15 nitrogen and oxygen atoms in total. The van der Waals surface area contributed by atoms with E-state index in [9.17, 15) is 19.8 Å². The summed E-state index contributed by atoms with van der Waals surface area (Å²) in [5.41, 5.74) is 8.01. The first kappa shape index (κ1) is 41.9. The highest BCUT2D eigenvalue weighted by Crippen LogP contribution is 2.37. The second kappa shape index (κ2) is 17.8. The lowest BCUT2D eigenvalue weighted by Crippen LogP contribution is -2.60. The van der Waals surface area contributed by atoms with Crippen LogP contribution in [0.2, 0.25) is 0 Å². The van der Waals surface area contributed by atoms with Crippen molar-refractivity contribution in [1.29, 1.82) is 0 Å². The molecule has 0 unspecified atom stereocenters. The molecule has 5 aromatic rings. The summed E-state index contributed by atoms with van der Waals surface area (Å²) < 4.78 is 5.90. The molecule has 2 amide bonds. The number of likely N-dealkylation sites (tertiary alicyclic amines) is 2. The number of thiazole rings is 1. The summed E-state index contributed by atoms with van der Waals surface area (Å²) in [6, 6.07) is 19.0. The topological polar surface area (TPSA) is 176 Å². The maximum absolute atomic E-state index is 14.3. The molecule has 326 valence electrons. The smallest absolute Gasteiger partial charge is 0.243 e. The van der Waals surface area contributed by atoms with Gasteiger partial charge in [0.1, 0.15) is 23.5 Å². The highest BCUT2D eigenvalue weighted by Gasteiger charge is 2.44. The van der Waals surface area contributed by atoms with Crippen molar-refractivity contribution in [3.63, 3.8) is 0 Å². The molecule has 9 rings (SSSR count). The number of para-hydroxylation sites is 1. The van der Waals surface area contributed by atoms with E-state index in [1.54, 1.807) is 23.5 Å². The number of nitrogens with one attached hydrogen (secondary N) is 2. The zero-order chi connectivity index (χ0) is 43.1. The molecule has 4 N–H and O–H groups in total. The molecule has 0 spiro atoms. The molecule has 3 saturated heterocycles. The van der Waals surface area contributed by atoms with Crippen LogP contribution in [0, 0.1) is 12.8 Å². The van der Waals surface area contributed by atoms with Gasteiger partial charge in [0.15, 0.2) is 5.82 Å². The van der Waals surface area contributed by atoms with E-state index in [-0.39, 0.29) is 42.5 Å². The van der Waals surface area contributed by atoms with Gasteiger partial charge in [0.05, 0.1) is 51.3 Å². The summed E-state index contributed by atoms with van der Waals surface area (Å²) in [5.74, 6) is 0.171. The minimum absolute atomic E-state index is 0.0855. The molecule has 62 heavy (non-hydrogen) atoms. The first-order valence-corrected chi connectivity index (χ1v) is 22.8. The van der Waals surface area contributed by atoms with Crippen molar-refractivity contribution in [3.05, 3.63) is 88.9 Å². The molecular weight excluding hydrogens is 805 g/mol. The number of aromatic nitrogens is 4. The molecule has 0 saturated carbocycles. The Morgan fingerprint density at radius 2 is 1.77 bits per heavy atom. The van der Waals surface area contributed by atoms with Gasteiger partial charge in [0.25, 0.3) is 0 Å². The highest BCUT2D eigenvalue weighted by molar-refractivity contribution is 7.13. The predicted octanol–water partition coefficient (Wildman–Crippen LogP) is 5.43.